The van der Waals surface area contributed by atoms with Crippen LogP contribution in [0.2, 0.25) is 0 Å². The van der Waals surface area contributed by atoms with Crippen LogP contribution in [-0.2, 0) is 4.79 Å². The summed E-state index contributed by atoms with van der Waals surface area (Å²) < 4.78 is 0. The van der Waals surface area contributed by atoms with Gasteiger partial charge in [-0.25, -0.2) is 0 Å². The Bertz CT molecular complexity index is 256. The Morgan fingerprint density at radius 3 is 2.00 bits per heavy atom. The van der Waals surface area contributed by atoms with Gasteiger partial charge in [-0.1, -0.05) is 52.9 Å². The molecule has 0 aromatic rings. The maximum atomic E-state index is 10.9. The fourth-order valence-corrected chi connectivity index (χ4v) is 2.69. The van der Waals surface area contributed by atoms with Gasteiger partial charge in [0.1, 0.15) is 5.78 Å². The van der Waals surface area contributed by atoms with Crippen molar-refractivity contribution in [2.45, 2.75) is 98.0 Å². The fourth-order valence-electron chi connectivity index (χ4n) is 2.69. The molecule has 2 nitrogen and oxygen atoms in total. The highest BCUT2D eigenvalue weighted by Crippen LogP contribution is 2.24. The molecule has 0 fully saturated rings. The lowest BCUT2D eigenvalue weighted by Crippen LogP contribution is -2.24. The third kappa shape index (κ3) is 12.7. The van der Waals surface area contributed by atoms with Crippen LogP contribution >= 0.6 is 0 Å². The van der Waals surface area contributed by atoms with Crippen LogP contribution in [-0.4, -0.2) is 16.5 Å². The van der Waals surface area contributed by atoms with Gasteiger partial charge < -0.3 is 9.90 Å². The van der Waals surface area contributed by atoms with E-state index in [1.54, 1.807) is 6.92 Å². The summed E-state index contributed by atoms with van der Waals surface area (Å²) >= 11 is 0. The molecule has 0 saturated heterocycles. The summed E-state index contributed by atoms with van der Waals surface area (Å²) in [4.78, 5) is 10.9. The van der Waals surface area contributed by atoms with Crippen LogP contribution in [0.15, 0.2) is 0 Å². The standard InChI is InChI=1S/C18H36O2/c1-15(2)9-7-13-18(5,20)14-8-11-16(3)10-6-12-17(4)19/h15-16,20H,6-14H2,1-5H3. The maximum Gasteiger partial charge on any atom is 0.129 e. The predicted molar refractivity (Wildman–Crippen MR) is 86.9 cm³/mol. The second-order valence-electron chi connectivity index (χ2n) is 7.37. The number of ketones is 1. The Kier molecular flexibility index (Phi) is 10.2. The van der Waals surface area contributed by atoms with Crippen molar-refractivity contribution in [2.75, 3.05) is 0 Å². The summed E-state index contributed by atoms with van der Waals surface area (Å²) in [6.07, 6.45) is 9.28. The first kappa shape index (κ1) is 19.6. The fraction of sp³-hybridized carbons (Fsp3) is 0.944. The molecule has 0 aliphatic rings. The van der Waals surface area contributed by atoms with Gasteiger partial charge in [-0.05, 0) is 44.9 Å². The molecular formula is C18H36O2. The second kappa shape index (κ2) is 10.4. The van der Waals surface area contributed by atoms with Gasteiger partial charge in [0.25, 0.3) is 0 Å². The average Bonchev–Trinajstić information content (AvgIpc) is 2.27. The van der Waals surface area contributed by atoms with Gasteiger partial charge >= 0.3 is 0 Å². The first-order valence-corrected chi connectivity index (χ1v) is 8.45. The molecule has 0 amide bonds. The van der Waals surface area contributed by atoms with Crippen molar-refractivity contribution in [1.29, 1.82) is 0 Å². The van der Waals surface area contributed by atoms with Crippen molar-refractivity contribution in [3.05, 3.63) is 0 Å². The SMILES string of the molecule is CC(=O)CCCC(C)CCCC(C)(O)CCCC(C)C. The van der Waals surface area contributed by atoms with Crippen molar-refractivity contribution in [3.8, 4) is 0 Å². The molecule has 20 heavy (non-hydrogen) atoms. The zero-order valence-corrected chi connectivity index (χ0v) is 14.4. The molecule has 2 heteroatoms. The minimum absolute atomic E-state index is 0.297. The first-order chi connectivity index (χ1) is 9.23. The number of hydrogen-bond acceptors (Lipinski definition) is 2. The minimum atomic E-state index is -0.492. The van der Waals surface area contributed by atoms with Gasteiger partial charge in [-0.3, -0.25) is 0 Å². The highest BCUT2D eigenvalue weighted by molar-refractivity contribution is 5.75. The van der Waals surface area contributed by atoms with Gasteiger partial charge in [0.15, 0.2) is 0 Å². The van der Waals surface area contributed by atoms with Crippen molar-refractivity contribution in [3.63, 3.8) is 0 Å². The minimum Gasteiger partial charge on any atom is -0.390 e. The first-order valence-electron chi connectivity index (χ1n) is 8.45. The van der Waals surface area contributed by atoms with Crippen LogP contribution in [0.5, 0.6) is 0 Å². The van der Waals surface area contributed by atoms with Crippen molar-refractivity contribution < 1.29 is 9.90 Å². The van der Waals surface area contributed by atoms with E-state index in [4.69, 9.17) is 0 Å². The van der Waals surface area contributed by atoms with Crippen molar-refractivity contribution in [2.24, 2.45) is 11.8 Å². The quantitative estimate of drug-likeness (QED) is 0.539. The molecule has 0 saturated carbocycles. The smallest absolute Gasteiger partial charge is 0.129 e. The molecule has 2 atom stereocenters. The van der Waals surface area contributed by atoms with Crippen LogP contribution in [0.25, 0.3) is 0 Å². The van der Waals surface area contributed by atoms with Crippen LogP contribution in [0.1, 0.15) is 92.4 Å². The molecule has 2 unspecified atom stereocenters. The third-order valence-corrected chi connectivity index (χ3v) is 4.13. The highest BCUT2D eigenvalue weighted by Gasteiger charge is 2.19. The van der Waals surface area contributed by atoms with Crippen LogP contribution in [0, 0.1) is 11.8 Å². The number of aliphatic hydroxyl groups is 1. The molecule has 0 aliphatic carbocycles. The molecule has 120 valence electrons. The summed E-state index contributed by atoms with van der Waals surface area (Å²) in [5.41, 5.74) is -0.492. The summed E-state index contributed by atoms with van der Waals surface area (Å²) in [6.45, 7) is 10.4. The molecule has 0 radical (unpaired) electrons. The Morgan fingerprint density at radius 1 is 1.00 bits per heavy atom. The topological polar surface area (TPSA) is 37.3 Å². The lowest BCUT2D eigenvalue weighted by atomic mass is 9.89. The van der Waals surface area contributed by atoms with Gasteiger partial charge in [0.2, 0.25) is 0 Å². The normalized spacial score (nSPS) is 16.1. The van der Waals surface area contributed by atoms with E-state index < -0.39 is 5.60 Å². The Morgan fingerprint density at radius 2 is 1.50 bits per heavy atom. The highest BCUT2D eigenvalue weighted by atomic mass is 16.3. The van der Waals surface area contributed by atoms with Crippen molar-refractivity contribution >= 4 is 5.78 Å². The second-order valence-corrected chi connectivity index (χ2v) is 7.37. The van der Waals surface area contributed by atoms with Crippen LogP contribution in [0.3, 0.4) is 0 Å². The van der Waals surface area contributed by atoms with E-state index in [1.807, 2.05) is 6.92 Å². The zero-order valence-electron chi connectivity index (χ0n) is 14.4. The van der Waals surface area contributed by atoms with E-state index in [9.17, 15) is 9.90 Å². The lowest BCUT2D eigenvalue weighted by molar-refractivity contribution is -0.117. The van der Waals surface area contributed by atoms with E-state index in [0.717, 1.165) is 57.3 Å². The molecule has 1 N–H and O–H groups in total. The molecule has 0 aliphatic heterocycles. The van der Waals surface area contributed by atoms with Crippen molar-refractivity contribution in [1.82, 2.24) is 0 Å². The molecule has 0 aromatic heterocycles. The molecule has 0 aromatic carbocycles. The number of carbonyl (C=O) groups excluding carboxylic acids is 1. The number of rotatable bonds is 12. The third-order valence-electron chi connectivity index (χ3n) is 4.13. The Balaban J connectivity index is 3.66. The van der Waals surface area contributed by atoms with Crippen LogP contribution in [0.4, 0.5) is 0 Å². The summed E-state index contributed by atoms with van der Waals surface area (Å²) in [5, 5.41) is 10.3. The van der Waals surface area contributed by atoms with Gasteiger partial charge in [-0.2, -0.15) is 0 Å². The largest absolute Gasteiger partial charge is 0.390 e. The molecule has 0 heterocycles. The van der Waals surface area contributed by atoms with E-state index >= 15 is 0 Å². The van der Waals surface area contributed by atoms with Crippen LogP contribution < -0.4 is 0 Å². The van der Waals surface area contributed by atoms with E-state index in [0.29, 0.717) is 11.7 Å². The predicted octanol–water partition coefficient (Wildman–Crippen LogP) is 5.13. The molecular weight excluding hydrogens is 248 g/mol. The summed E-state index contributed by atoms with van der Waals surface area (Å²) in [6, 6.07) is 0. The monoisotopic (exact) mass is 284 g/mol. The summed E-state index contributed by atoms with van der Waals surface area (Å²) in [7, 11) is 0. The van der Waals surface area contributed by atoms with Gasteiger partial charge in [0, 0.05) is 6.42 Å². The van der Waals surface area contributed by atoms with E-state index in [2.05, 4.69) is 20.8 Å². The number of Topliss-reactive ketones (excluding diaryl/α,β-unsaturated/α-hetero) is 1. The van der Waals surface area contributed by atoms with E-state index in [-0.39, 0.29) is 0 Å². The zero-order chi connectivity index (χ0) is 15.6. The summed E-state index contributed by atoms with van der Waals surface area (Å²) in [5.74, 6) is 1.69. The molecule has 0 bridgehead atoms. The molecule has 0 rings (SSSR count). The Labute approximate surface area is 126 Å². The van der Waals surface area contributed by atoms with Gasteiger partial charge in [0.05, 0.1) is 5.60 Å². The Hall–Kier alpha value is -0.370. The maximum absolute atomic E-state index is 10.9. The number of carbonyl (C=O) groups is 1. The van der Waals surface area contributed by atoms with Gasteiger partial charge in [-0.15, -0.1) is 0 Å². The number of hydrogen-bond donors (Lipinski definition) is 1. The van der Waals surface area contributed by atoms with E-state index in [1.165, 1.54) is 6.42 Å². The lowest BCUT2D eigenvalue weighted by Gasteiger charge is -2.24. The molecule has 0 spiro atoms. The average molecular weight is 284 g/mol.